The zero-order chi connectivity index (χ0) is 35.6. The highest BCUT2D eigenvalue weighted by atomic mass is 32.2. The summed E-state index contributed by atoms with van der Waals surface area (Å²) in [6.45, 7) is 5.54. The molecule has 9 heteroatoms. The van der Waals surface area contributed by atoms with Crippen molar-refractivity contribution in [1.82, 2.24) is 19.8 Å². The van der Waals surface area contributed by atoms with Crippen LogP contribution in [0.4, 0.5) is 0 Å². The van der Waals surface area contributed by atoms with Gasteiger partial charge < -0.3 is 19.9 Å². The van der Waals surface area contributed by atoms with Crippen LogP contribution >= 0.6 is 11.8 Å². The van der Waals surface area contributed by atoms with Crippen LogP contribution in [0.1, 0.15) is 69.4 Å². The normalized spacial score (nSPS) is 11.9. The lowest BCUT2D eigenvalue weighted by Gasteiger charge is -2.19. The summed E-state index contributed by atoms with van der Waals surface area (Å²) in [4.78, 5) is 45.5. The third-order valence-electron chi connectivity index (χ3n) is 8.71. The fourth-order valence-electron chi connectivity index (χ4n) is 6.18. The molecular weight excluding hydrogens is 645 g/mol. The van der Waals surface area contributed by atoms with Crippen molar-refractivity contribution in [2.75, 3.05) is 26.4 Å². The topological polar surface area (TPSA) is 105 Å². The minimum Gasteiger partial charge on any atom is -0.478 e. The van der Waals surface area contributed by atoms with Gasteiger partial charge in [-0.1, -0.05) is 91.5 Å². The molecule has 0 fully saturated rings. The Morgan fingerprint density at radius 2 is 1.66 bits per heavy atom. The molecule has 0 unspecified atom stereocenters. The molecule has 0 spiro atoms. The average Bonchev–Trinajstić information content (AvgIpc) is 3.45. The van der Waals surface area contributed by atoms with Gasteiger partial charge in [-0.25, -0.2) is 9.78 Å². The number of aromatic carboxylic acids is 1. The Kier molecular flexibility index (Phi) is 12.6. The standard InChI is InChI=1S/C41H46N4O4S/c1-5-12-37-43-39-28(2)23-32(40(47)42-33(24-29-13-7-6-8-14-29)27-50-38(46)17-11-22-44(3)4)25-36(39)45(37)26-30-18-20-31(21-19-30)34-15-9-10-16-35(34)41(48)49/h6-10,13-16,18-21,23,25,33H,5,11-12,17,22,24,26-27H2,1-4H3,(H,42,47)(H,48,49)/t33-/m1/s1. The summed E-state index contributed by atoms with van der Waals surface area (Å²) in [6, 6.07) is 28.6. The van der Waals surface area contributed by atoms with Gasteiger partial charge in [-0.05, 0) is 92.8 Å². The second-order valence-corrected chi connectivity index (χ2v) is 14.1. The monoisotopic (exact) mass is 690 g/mol. The molecule has 0 saturated heterocycles. The summed E-state index contributed by atoms with van der Waals surface area (Å²) in [6.07, 6.45) is 3.65. The summed E-state index contributed by atoms with van der Waals surface area (Å²) < 4.78 is 2.19. The summed E-state index contributed by atoms with van der Waals surface area (Å²) in [5, 5.41) is 13.1. The van der Waals surface area contributed by atoms with E-state index in [1.165, 1.54) is 11.8 Å². The lowest BCUT2D eigenvalue weighted by Crippen LogP contribution is -2.38. The zero-order valence-electron chi connectivity index (χ0n) is 29.3. The van der Waals surface area contributed by atoms with Gasteiger partial charge in [0.05, 0.1) is 16.6 Å². The lowest BCUT2D eigenvalue weighted by molar-refractivity contribution is -0.111. The third kappa shape index (κ3) is 9.49. The van der Waals surface area contributed by atoms with E-state index >= 15 is 0 Å². The molecule has 260 valence electrons. The average molecular weight is 691 g/mol. The van der Waals surface area contributed by atoms with E-state index in [1.807, 2.05) is 99.9 Å². The van der Waals surface area contributed by atoms with Crippen molar-refractivity contribution >= 4 is 39.8 Å². The Morgan fingerprint density at radius 3 is 2.36 bits per heavy atom. The van der Waals surface area contributed by atoms with E-state index < -0.39 is 5.97 Å². The predicted molar refractivity (Wildman–Crippen MR) is 203 cm³/mol. The summed E-state index contributed by atoms with van der Waals surface area (Å²) in [7, 11) is 4.01. The maximum Gasteiger partial charge on any atom is 0.336 e. The largest absolute Gasteiger partial charge is 0.478 e. The van der Waals surface area contributed by atoms with Gasteiger partial charge in [0.25, 0.3) is 5.91 Å². The van der Waals surface area contributed by atoms with Gasteiger partial charge in [-0.3, -0.25) is 9.59 Å². The Balaban J connectivity index is 1.39. The van der Waals surface area contributed by atoms with E-state index in [1.54, 1.807) is 12.1 Å². The number of carbonyl (C=O) groups is 3. The van der Waals surface area contributed by atoms with Crippen molar-refractivity contribution in [1.29, 1.82) is 0 Å². The molecule has 50 heavy (non-hydrogen) atoms. The van der Waals surface area contributed by atoms with Crippen LogP contribution in [0.25, 0.3) is 22.2 Å². The predicted octanol–water partition coefficient (Wildman–Crippen LogP) is 7.65. The second kappa shape index (κ2) is 17.3. The smallest absolute Gasteiger partial charge is 0.336 e. The third-order valence-corrected chi connectivity index (χ3v) is 9.81. The van der Waals surface area contributed by atoms with Crippen molar-refractivity contribution in [3.8, 4) is 11.1 Å². The quantitative estimate of drug-likeness (QED) is 0.110. The van der Waals surface area contributed by atoms with Gasteiger partial charge in [0.1, 0.15) is 5.82 Å². The summed E-state index contributed by atoms with van der Waals surface area (Å²) in [5.41, 5.74) is 7.17. The van der Waals surface area contributed by atoms with Crippen molar-refractivity contribution in [2.24, 2.45) is 0 Å². The molecule has 2 N–H and O–H groups in total. The molecule has 0 bridgehead atoms. The SMILES string of the molecule is CCCc1nc2c(C)cc(C(=O)N[C@@H](CSC(=O)CCCN(C)C)Cc3ccccc3)cc2n1Cc1ccc(-c2ccccc2C(=O)O)cc1. The van der Waals surface area contributed by atoms with Gasteiger partial charge in [0.2, 0.25) is 0 Å². The maximum atomic E-state index is 13.9. The van der Waals surface area contributed by atoms with Crippen LogP contribution in [0.15, 0.2) is 91.0 Å². The van der Waals surface area contributed by atoms with E-state index in [0.717, 1.165) is 64.9 Å². The van der Waals surface area contributed by atoms with Crippen molar-refractivity contribution in [2.45, 2.75) is 58.5 Å². The van der Waals surface area contributed by atoms with E-state index in [2.05, 4.69) is 21.7 Å². The summed E-state index contributed by atoms with van der Waals surface area (Å²) in [5.74, 6) is 0.314. The molecule has 1 amide bonds. The minimum absolute atomic E-state index is 0.142. The van der Waals surface area contributed by atoms with Crippen LogP contribution in [-0.2, 0) is 24.2 Å². The number of thioether (sulfide) groups is 1. The number of fused-ring (bicyclic) bond motifs is 1. The van der Waals surface area contributed by atoms with E-state index in [4.69, 9.17) is 4.98 Å². The van der Waals surface area contributed by atoms with Gasteiger partial charge in [-0.15, -0.1) is 0 Å². The number of nitrogens with one attached hydrogen (secondary N) is 1. The van der Waals surface area contributed by atoms with Gasteiger partial charge >= 0.3 is 5.97 Å². The first kappa shape index (κ1) is 36.5. The van der Waals surface area contributed by atoms with Crippen LogP contribution in [0.5, 0.6) is 0 Å². The molecule has 1 aromatic heterocycles. The highest BCUT2D eigenvalue weighted by Gasteiger charge is 2.20. The molecule has 5 aromatic rings. The molecule has 0 aliphatic heterocycles. The van der Waals surface area contributed by atoms with E-state index in [0.29, 0.717) is 36.3 Å². The first-order valence-corrected chi connectivity index (χ1v) is 18.2. The minimum atomic E-state index is -0.955. The van der Waals surface area contributed by atoms with Gasteiger partial charge in [0, 0.05) is 36.7 Å². The number of amides is 1. The number of aromatic nitrogens is 2. The highest BCUT2D eigenvalue weighted by molar-refractivity contribution is 8.13. The van der Waals surface area contributed by atoms with Crippen molar-refractivity contribution in [3.63, 3.8) is 0 Å². The van der Waals surface area contributed by atoms with Crippen molar-refractivity contribution in [3.05, 3.63) is 125 Å². The molecule has 1 heterocycles. The maximum absolute atomic E-state index is 13.9. The Bertz CT molecular complexity index is 1940. The van der Waals surface area contributed by atoms with Crippen LogP contribution in [0.3, 0.4) is 0 Å². The number of carbonyl (C=O) groups excluding carboxylic acids is 2. The fourth-order valence-corrected chi connectivity index (χ4v) is 7.06. The lowest BCUT2D eigenvalue weighted by atomic mass is 9.98. The number of aryl methyl sites for hydroxylation is 2. The van der Waals surface area contributed by atoms with Crippen molar-refractivity contribution < 1.29 is 19.5 Å². The number of imidazole rings is 1. The number of rotatable bonds is 16. The summed E-state index contributed by atoms with van der Waals surface area (Å²) >= 11 is 1.30. The number of carboxylic acids is 1. The molecule has 8 nitrogen and oxygen atoms in total. The fraction of sp³-hybridized carbons (Fsp3) is 0.317. The first-order valence-electron chi connectivity index (χ1n) is 17.2. The molecular formula is C41H46N4O4S. The Hall–Kier alpha value is -4.73. The Morgan fingerprint density at radius 1 is 0.940 bits per heavy atom. The molecule has 4 aromatic carbocycles. The first-order chi connectivity index (χ1) is 24.1. The molecule has 0 aliphatic carbocycles. The van der Waals surface area contributed by atoms with Gasteiger partial charge in [-0.2, -0.15) is 0 Å². The van der Waals surface area contributed by atoms with E-state index in [-0.39, 0.29) is 22.6 Å². The number of benzene rings is 4. The van der Waals surface area contributed by atoms with Gasteiger partial charge in [0.15, 0.2) is 5.12 Å². The Labute approximate surface area is 298 Å². The number of hydrogen-bond acceptors (Lipinski definition) is 6. The molecule has 0 aliphatic rings. The van der Waals surface area contributed by atoms with Crippen LogP contribution in [-0.4, -0.2) is 69.0 Å². The molecule has 5 rings (SSSR count). The van der Waals surface area contributed by atoms with Crippen LogP contribution < -0.4 is 5.32 Å². The number of hydrogen-bond donors (Lipinski definition) is 2. The molecule has 0 radical (unpaired) electrons. The van der Waals surface area contributed by atoms with Crippen LogP contribution in [0, 0.1) is 6.92 Å². The van der Waals surface area contributed by atoms with E-state index in [9.17, 15) is 19.5 Å². The number of carboxylic acid groups (broad SMARTS) is 1. The van der Waals surface area contributed by atoms with Crippen LogP contribution in [0.2, 0.25) is 0 Å². The highest BCUT2D eigenvalue weighted by Crippen LogP contribution is 2.27. The zero-order valence-corrected chi connectivity index (χ0v) is 30.1. The second-order valence-electron chi connectivity index (χ2n) is 13.0. The molecule has 0 saturated carbocycles. The number of nitrogens with zero attached hydrogens (tertiary/aromatic N) is 3. The molecule has 1 atom stereocenters.